The van der Waals surface area contributed by atoms with Gasteiger partial charge in [0, 0.05) is 12.2 Å². The van der Waals surface area contributed by atoms with Gasteiger partial charge in [-0.2, -0.15) is 0 Å². The molecule has 0 radical (unpaired) electrons. The van der Waals surface area contributed by atoms with Gasteiger partial charge in [0.1, 0.15) is 5.82 Å². The maximum Gasteiger partial charge on any atom is 0.319 e. The highest BCUT2D eigenvalue weighted by molar-refractivity contribution is 5.89. The van der Waals surface area contributed by atoms with Crippen LogP contribution in [-0.4, -0.2) is 12.6 Å². The van der Waals surface area contributed by atoms with Gasteiger partial charge in [-0.05, 0) is 61.3 Å². The Hall–Kier alpha value is -1.58. The van der Waals surface area contributed by atoms with Gasteiger partial charge in [0.25, 0.3) is 0 Å². The molecule has 3 nitrogen and oxygen atoms in total. The molecule has 1 aromatic carbocycles. The lowest BCUT2D eigenvalue weighted by molar-refractivity contribution is 0.245. The largest absolute Gasteiger partial charge is 0.338 e. The highest BCUT2D eigenvalue weighted by Crippen LogP contribution is 2.47. The number of urea groups is 1. The van der Waals surface area contributed by atoms with Crippen molar-refractivity contribution in [3.05, 3.63) is 30.1 Å². The summed E-state index contributed by atoms with van der Waals surface area (Å²) < 4.78 is 12.7. The van der Waals surface area contributed by atoms with Crippen LogP contribution in [0.15, 0.2) is 24.3 Å². The van der Waals surface area contributed by atoms with Crippen LogP contribution in [0.3, 0.4) is 0 Å². The first kappa shape index (κ1) is 12.5. The minimum absolute atomic E-state index is 0.200. The molecule has 2 bridgehead atoms. The summed E-state index contributed by atoms with van der Waals surface area (Å²) in [5.74, 6) is 2.07. The van der Waals surface area contributed by atoms with E-state index in [1.807, 2.05) is 0 Å². The van der Waals surface area contributed by atoms with Gasteiger partial charge in [-0.25, -0.2) is 9.18 Å². The molecule has 2 N–H and O–H groups in total. The molecule has 2 aliphatic carbocycles. The molecule has 0 heterocycles. The number of nitrogens with one attached hydrogen (secondary N) is 2. The number of hydrogen-bond acceptors (Lipinski definition) is 1. The predicted molar refractivity (Wildman–Crippen MR) is 72.4 cm³/mol. The van der Waals surface area contributed by atoms with E-state index in [4.69, 9.17) is 0 Å². The first-order valence-electron chi connectivity index (χ1n) is 7.01. The zero-order valence-electron chi connectivity index (χ0n) is 10.9. The first-order chi connectivity index (χ1) is 9.20. The molecule has 0 aromatic heterocycles. The molecular weight excluding hydrogens is 243 g/mol. The van der Waals surface area contributed by atoms with Crippen molar-refractivity contribution in [1.82, 2.24) is 5.32 Å². The van der Waals surface area contributed by atoms with Crippen LogP contribution >= 0.6 is 0 Å². The van der Waals surface area contributed by atoms with Crippen LogP contribution in [0.2, 0.25) is 0 Å². The van der Waals surface area contributed by atoms with Gasteiger partial charge in [0.2, 0.25) is 0 Å². The van der Waals surface area contributed by atoms with E-state index in [9.17, 15) is 9.18 Å². The molecule has 2 fully saturated rings. The van der Waals surface area contributed by atoms with E-state index in [-0.39, 0.29) is 11.8 Å². The van der Waals surface area contributed by atoms with Gasteiger partial charge in [0.15, 0.2) is 0 Å². The van der Waals surface area contributed by atoms with E-state index in [0.29, 0.717) is 11.6 Å². The number of benzene rings is 1. The van der Waals surface area contributed by atoms with Crippen molar-refractivity contribution in [3.63, 3.8) is 0 Å². The topological polar surface area (TPSA) is 41.1 Å². The standard InChI is InChI=1S/C15H19FN2O/c16-13-3-5-14(6-4-13)18-15(19)17-9-12-8-10-1-2-11(12)7-10/h3-6,10-12H,1-2,7-9H2,(H2,17,18,19)/t10-,11-,12-/m1/s1. The number of anilines is 1. The van der Waals surface area contributed by atoms with Crippen LogP contribution < -0.4 is 10.6 Å². The third-order valence-corrected chi connectivity index (χ3v) is 4.51. The maximum atomic E-state index is 12.7. The monoisotopic (exact) mass is 262 g/mol. The lowest BCUT2D eigenvalue weighted by Crippen LogP contribution is -2.34. The van der Waals surface area contributed by atoms with E-state index in [1.54, 1.807) is 12.1 Å². The fourth-order valence-corrected chi connectivity index (χ4v) is 3.56. The Morgan fingerprint density at radius 2 is 2.00 bits per heavy atom. The third kappa shape index (κ3) is 2.88. The molecule has 3 atom stereocenters. The molecule has 1 aromatic rings. The van der Waals surface area contributed by atoms with Gasteiger partial charge >= 0.3 is 6.03 Å². The Balaban J connectivity index is 1.45. The predicted octanol–water partition coefficient (Wildman–Crippen LogP) is 3.38. The maximum absolute atomic E-state index is 12.7. The number of halogens is 1. The van der Waals surface area contributed by atoms with Crippen LogP contribution in [0.5, 0.6) is 0 Å². The van der Waals surface area contributed by atoms with Crippen molar-refractivity contribution >= 4 is 11.7 Å². The minimum atomic E-state index is -0.298. The lowest BCUT2D eigenvalue weighted by Gasteiger charge is -2.21. The number of fused-ring (bicyclic) bond motifs is 2. The molecule has 102 valence electrons. The van der Waals surface area contributed by atoms with Crippen molar-refractivity contribution < 1.29 is 9.18 Å². The quantitative estimate of drug-likeness (QED) is 0.861. The second-order valence-electron chi connectivity index (χ2n) is 5.78. The average Bonchev–Trinajstić information content (AvgIpc) is 3.01. The highest BCUT2D eigenvalue weighted by atomic mass is 19.1. The van der Waals surface area contributed by atoms with Gasteiger partial charge < -0.3 is 10.6 Å². The molecule has 3 rings (SSSR count). The number of carbonyl (C=O) groups is 1. The smallest absolute Gasteiger partial charge is 0.319 e. The minimum Gasteiger partial charge on any atom is -0.338 e. The van der Waals surface area contributed by atoms with Crippen LogP contribution in [0.25, 0.3) is 0 Å². The molecule has 2 saturated carbocycles. The first-order valence-corrected chi connectivity index (χ1v) is 7.01. The Bertz CT molecular complexity index is 460. The summed E-state index contributed by atoms with van der Waals surface area (Å²) in [4.78, 5) is 11.7. The van der Waals surface area contributed by atoms with Crippen LogP contribution in [-0.2, 0) is 0 Å². The van der Waals surface area contributed by atoms with Gasteiger partial charge in [0.05, 0.1) is 0 Å². The van der Waals surface area contributed by atoms with E-state index in [2.05, 4.69) is 10.6 Å². The highest BCUT2D eigenvalue weighted by Gasteiger charge is 2.39. The van der Waals surface area contributed by atoms with Crippen molar-refractivity contribution in [2.45, 2.75) is 25.7 Å². The normalized spacial score (nSPS) is 28.4. The zero-order chi connectivity index (χ0) is 13.2. The van der Waals surface area contributed by atoms with Gasteiger partial charge in [-0.15, -0.1) is 0 Å². The Labute approximate surface area is 112 Å². The fourth-order valence-electron chi connectivity index (χ4n) is 3.56. The van der Waals surface area contributed by atoms with Gasteiger partial charge in [-0.1, -0.05) is 6.42 Å². The zero-order valence-corrected chi connectivity index (χ0v) is 10.9. The summed E-state index contributed by atoms with van der Waals surface area (Å²) in [6.45, 7) is 0.758. The average molecular weight is 262 g/mol. The molecular formula is C15H19FN2O. The summed E-state index contributed by atoms with van der Waals surface area (Å²) in [6, 6.07) is 5.60. The fraction of sp³-hybridized carbons (Fsp3) is 0.533. The molecule has 0 saturated heterocycles. The molecule has 19 heavy (non-hydrogen) atoms. The Kier molecular flexibility index (Phi) is 3.40. The molecule has 2 amide bonds. The van der Waals surface area contributed by atoms with Crippen LogP contribution in [0, 0.1) is 23.6 Å². The number of carbonyl (C=O) groups excluding carboxylic acids is 1. The number of rotatable bonds is 3. The van der Waals surface area contributed by atoms with Crippen molar-refractivity contribution in [2.24, 2.45) is 17.8 Å². The lowest BCUT2D eigenvalue weighted by atomic mass is 9.89. The van der Waals surface area contributed by atoms with E-state index >= 15 is 0 Å². The summed E-state index contributed by atoms with van der Waals surface area (Å²) in [7, 11) is 0. The van der Waals surface area contributed by atoms with Crippen LogP contribution in [0.4, 0.5) is 14.9 Å². The molecule has 2 aliphatic rings. The number of amides is 2. The second kappa shape index (κ2) is 5.19. The van der Waals surface area contributed by atoms with Crippen LogP contribution in [0.1, 0.15) is 25.7 Å². The molecule has 0 aliphatic heterocycles. The Morgan fingerprint density at radius 3 is 2.63 bits per heavy atom. The summed E-state index contributed by atoms with van der Waals surface area (Å²) >= 11 is 0. The molecule has 0 unspecified atom stereocenters. The van der Waals surface area contributed by atoms with Gasteiger partial charge in [-0.3, -0.25) is 0 Å². The van der Waals surface area contributed by atoms with E-state index < -0.39 is 0 Å². The summed E-state index contributed by atoms with van der Waals surface area (Å²) in [6.07, 6.45) is 5.33. The SMILES string of the molecule is O=C(NC[C@H]1C[C@@H]2CC[C@@H]1C2)Nc1ccc(F)cc1. The Morgan fingerprint density at radius 1 is 1.21 bits per heavy atom. The second-order valence-corrected chi connectivity index (χ2v) is 5.78. The summed E-state index contributed by atoms with van der Waals surface area (Å²) in [5, 5.41) is 5.65. The van der Waals surface area contributed by atoms with E-state index in [0.717, 1.165) is 18.4 Å². The van der Waals surface area contributed by atoms with Crippen molar-refractivity contribution in [1.29, 1.82) is 0 Å². The van der Waals surface area contributed by atoms with Crippen molar-refractivity contribution in [3.8, 4) is 0 Å². The van der Waals surface area contributed by atoms with E-state index in [1.165, 1.54) is 37.8 Å². The third-order valence-electron chi connectivity index (χ3n) is 4.51. The molecule has 4 heteroatoms. The summed E-state index contributed by atoms with van der Waals surface area (Å²) in [5.41, 5.74) is 0.617. The number of hydrogen-bond donors (Lipinski definition) is 2. The molecule has 0 spiro atoms. The van der Waals surface area contributed by atoms with Crippen molar-refractivity contribution in [2.75, 3.05) is 11.9 Å².